The summed E-state index contributed by atoms with van der Waals surface area (Å²) >= 11 is 0. The van der Waals surface area contributed by atoms with Crippen LogP contribution in [0, 0.1) is 23.3 Å². The number of nitrogens with zero attached hydrogens (tertiary/aromatic N) is 5. The summed E-state index contributed by atoms with van der Waals surface area (Å²) in [5.74, 6) is 5.90. The summed E-state index contributed by atoms with van der Waals surface area (Å²) in [4.78, 5) is 6.58. The molecular weight excluding hydrogens is 434 g/mol. The Hall–Kier alpha value is -3.67. The molecule has 5 rings (SSSR count). The van der Waals surface area contributed by atoms with Gasteiger partial charge >= 0.3 is 12.3 Å². The molecule has 0 N–H and O–H groups in total. The summed E-state index contributed by atoms with van der Waals surface area (Å²) in [5.41, 5.74) is 0.709. The lowest BCUT2D eigenvalue weighted by Gasteiger charge is -2.32. The number of hydrogen-bond donors (Lipinski definition) is 0. The van der Waals surface area contributed by atoms with Crippen LogP contribution in [0.15, 0.2) is 42.5 Å². The van der Waals surface area contributed by atoms with E-state index >= 15 is 0 Å². The lowest BCUT2D eigenvalue weighted by molar-refractivity contribution is -0.190. The van der Waals surface area contributed by atoms with Gasteiger partial charge in [-0.2, -0.15) is 22.5 Å². The molecule has 4 aromatic rings. The molecule has 1 aliphatic rings. The maximum Gasteiger partial charge on any atom is 0.404 e. The maximum absolute atomic E-state index is 14.2. The van der Waals surface area contributed by atoms with Crippen LogP contribution in [0.5, 0.6) is 0 Å². The van der Waals surface area contributed by atoms with Gasteiger partial charge in [-0.1, -0.05) is 35.1 Å². The van der Waals surface area contributed by atoms with Crippen molar-refractivity contribution in [3.63, 3.8) is 0 Å². The number of hydrogen-bond acceptors (Lipinski definition) is 4. The first-order chi connectivity index (χ1) is 15.7. The minimum Gasteiger partial charge on any atom is -0.325 e. The van der Waals surface area contributed by atoms with Crippen molar-refractivity contribution in [2.45, 2.75) is 32.9 Å². The van der Waals surface area contributed by atoms with E-state index in [1.807, 2.05) is 23.1 Å². The number of benzene rings is 2. The number of alkyl halides is 3. The summed E-state index contributed by atoms with van der Waals surface area (Å²) in [7, 11) is 0. The number of anilines is 2. The molecule has 0 aliphatic carbocycles. The molecular formula is C24H19F4N5. The highest BCUT2D eigenvalue weighted by Gasteiger charge is 2.46. The van der Waals surface area contributed by atoms with Crippen molar-refractivity contribution in [2.75, 3.05) is 11.4 Å². The van der Waals surface area contributed by atoms with Gasteiger partial charge in [-0.05, 0) is 56.5 Å². The monoisotopic (exact) mass is 453 g/mol. The van der Waals surface area contributed by atoms with Crippen LogP contribution in [0.3, 0.4) is 0 Å². The molecule has 0 atom stereocenters. The third kappa shape index (κ3) is 3.46. The molecule has 0 fully saturated rings. The first-order valence-corrected chi connectivity index (χ1v) is 10.5. The van der Waals surface area contributed by atoms with Gasteiger partial charge < -0.3 is 4.90 Å². The third-order valence-corrected chi connectivity index (χ3v) is 5.92. The predicted molar refractivity (Wildman–Crippen MR) is 117 cm³/mol. The van der Waals surface area contributed by atoms with Gasteiger partial charge in [0, 0.05) is 23.2 Å². The van der Waals surface area contributed by atoms with E-state index in [0.29, 0.717) is 35.2 Å². The topological polar surface area (TPSA) is 46.3 Å². The molecule has 1 aliphatic heterocycles. The number of fused-ring (bicyclic) bond motifs is 4. The van der Waals surface area contributed by atoms with Crippen LogP contribution in [0.4, 0.5) is 29.1 Å². The summed E-state index contributed by atoms with van der Waals surface area (Å²) < 4.78 is 55.3. The predicted octanol–water partition coefficient (Wildman–Crippen LogP) is 5.44. The molecule has 0 unspecified atom stereocenters. The van der Waals surface area contributed by atoms with Crippen molar-refractivity contribution in [3.05, 3.63) is 59.7 Å². The highest BCUT2D eigenvalue weighted by Crippen LogP contribution is 2.39. The Bertz CT molecular complexity index is 1440. The molecule has 2 aromatic carbocycles. The number of rotatable bonds is 1. The molecule has 0 spiro atoms. The Labute approximate surface area is 187 Å². The summed E-state index contributed by atoms with van der Waals surface area (Å²) in [6, 6.07) is 12.7. The first-order valence-electron chi connectivity index (χ1n) is 10.5. The normalized spacial score (nSPS) is 14.3. The molecule has 168 valence electrons. The van der Waals surface area contributed by atoms with Gasteiger partial charge in [0.15, 0.2) is 0 Å². The fourth-order valence-electron chi connectivity index (χ4n) is 4.01. The Morgan fingerprint density at radius 2 is 1.79 bits per heavy atom. The van der Waals surface area contributed by atoms with E-state index in [4.69, 9.17) is 0 Å². The minimum absolute atomic E-state index is 0.135. The molecule has 2 aromatic heterocycles. The van der Waals surface area contributed by atoms with Gasteiger partial charge in [0.1, 0.15) is 11.2 Å². The van der Waals surface area contributed by atoms with Crippen molar-refractivity contribution in [2.24, 2.45) is 5.41 Å². The number of halogens is 4. The van der Waals surface area contributed by atoms with E-state index in [-0.39, 0.29) is 5.78 Å². The van der Waals surface area contributed by atoms with Gasteiger partial charge in [0.05, 0.1) is 5.52 Å². The van der Waals surface area contributed by atoms with Gasteiger partial charge in [-0.15, -0.1) is 5.10 Å². The molecule has 5 nitrogen and oxygen atoms in total. The molecule has 0 saturated carbocycles. The minimum atomic E-state index is -4.42. The Morgan fingerprint density at radius 3 is 2.58 bits per heavy atom. The van der Waals surface area contributed by atoms with Gasteiger partial charge in [-0.25, -0.2) is 4.40 Å². The molecule has 0 saturated heterocycles. The van der Waals surface area contributed by atoms with Crippen LogP contribution in [-0.2, 0) is 6.42 Å². The zero-order valence-corrected chi connectivity index (χ0v) is 17.9. The third-order valence-electron chi connectivity index (χ3n) is 5.92. The van der Waals surface area contributed by atoms with Crippen LogP contribution >= 0.6 is 0 Å². The van der Waals surface area contributed by atoms with Crippen molar-refractivity contribution in [1.82, 2.24) is 19.6 Å². The van der Waals surface area contributed by atoms with E-state index in [1.165, 1.54) is 4.40 Å². The van der Waals surface area contributed by atoms with E-state index in [9.17, 15) is 17.6 Å². The standard InChI is InChI=1S/C24H19F4N5/c1-23(2,24(26,27)28)13-12-15-7-5-11-18-16(15)9-6-14-32(18)20-17-8-3-4-10-19(17)33-21(25)30-31-22(33)29-20/h3-5,7-8,10-11H,6,9,14H2,1-2H3. The zero-order chi connectivity index (χ0) is 23.4. The lowest BCUT2D eigenvalue weighted by Crippen LogP contribution is -2.30. The quantitative estimate of drug-likeness (QED) is 0.284. The van der Waals surface area contributed by atoms with Crippen LogP contribution in [0.2, 0.25) is 0 Å². The van der Waals surface area contributed by atoms with Crippen LogP contribution in [0.25, 0.3) is 16.7 Å². The average Bonchev–Trinajstić information content (AvgIpc) is 3.17. The first kappa shape index (κ1) is 21.2. The maximum atomic E-state index is 14.2. The molecule has 0 bridgehead atoms. The van der Waals surface area contributed by atoms with Gasteiger partial charge in [0.25, 0.3) is 5.78 Å². The van der Waals surface area contributed by atoms with E-state index in [2.05, 4.69) is 27.0 Å². The molecule has 9 heteroatoms. The molecule has 3 heterocycles. The van der Waals surface area contributed by atoms with Crippen LogP contribution in [0.1, 0.15) is 31.4 Å². The summed E-state index contributed by atoms with van der Waals surface area (Å²) in [6.07, 6.45) is -3.73. The zero-order valence-electron chi connectivity index (χ0n) is 17.9. The highest BCUT2D eigenvalue weighted by molar-refractivity contribution is 5.94. The Kier molecular flexibility index (Phi) is 4.78. The fraction of sp³-hybridized carbons (Fsp3) is 0.292. The summed E-state index contributed by atoms with van der Waals surface area (Å²) in [5, 5.41) is 8.08. The van der Waals surface area contributed by atoms with Crippen molar-refractivity contribution in [1.29, 1.82) is 0 Å². The smallest absolute Gasteiger partial charge is 0.325 e. The fourth-order valence-corrected chi connectivity index (χ4v) is 4.01. The van der Waals surface area contributed by atoms with E-state index < -0.39 is 17.7 Å². The second-order valence-corrected chi connectivity index (χ2v) is 8.49. The Balaban J connectivity index is 1.67. The lowest BCUT2D eigenvalue weighted by atomic mass is 9.91. The van der Waals surface area contributed by atoms with Crippen molar-refractivity contribution in [3.8, 4) is 11.8 Å². The molecule has 0 amide bonds. The van der Waals surface area contributed by atoms with E-state index in [1.54, 1.807) is 24.3 Å². The second kappa shape index (κ2) is 7.44. The SMILES string of the molecule is CC(C)(C#Cc1cccc2c1CCCN2c1nc2nnc(F)n2c2ccccc12)C(F)(F)F. The largest absolute Gasteiger partial charge is 0.404 e. The van der Waals surface area contributed by atoms with Crippen molar-refractivity contribution < 1.29 is 17.6 Å². The summed E-state index contributed by atoms with van der Waals surface area (Å²) in [6.45, 7) is 2.79. The van der Waals surface area contributed by atoms with E-state index in [0.717, 1.165) is 31.5 Å². The van der Waals surface area contributed by atoms with Gasteiger partial charge in [0.2, 0.25) is 0 Å². The van der Waals surface area contributed by atoms with Crippen molar-refractivity contribution >= 4 is 28.2 Å². The number of para-hydroxylation sites is 1. The number of aromatic nitrogens is 4. The highest BCUT2D eigenvalue weighted by atomic mass is 19.4. The van der Waals surface area contributed by atoms with Crippen LogP contribution in [-0.4, -0.2) is 32.3 Å². The average molecular weight is 453 g/mol. The second-order valence-electron chi connectivity index (χ2n) is 8.49. The van der Waals surface area contributed by atoms with Gasteiger partial charge in [-0.3, -0.25) is 0 Å². The molecule has 33 heavy (non-hydrogen) atoms. The van der Waals surface area contributed by atoms with Crippen LogP contribution < -0.4 is 4.90 Å². The molecule has 0 radical (unpaired) electrons. The Morgan fingerprint density at radius 1 is 1.00 bits per heavy atom.